The minimum atomic E-state index is -1.40. The molecule has 5 nitrogen and oxygen atoms in total. The summed E-state index contributed by atoms with van der Waals surface area (Å²) < 4.78 is 0. The Morgan fingerprint density at radius 3 is 1.71 bits per heavy atom. The van der Waals surface area contributed by atoms with Gasteiger partial charge in [0, 0.05) is 22.3 Å². The Bertz CT molecular complexity index is 1120. The topological polar surface area (TPSA) is 91.7 Å². The summed E-state index contributed by atoms with van der Waals surface area (Å²) in [7, 11) is 0. The summed E-state index contributed by atoms with van der Waals surface area (Å²) >= 11 is 0. The van der Waals surface area contributed by atoms with E-state index >= 15 is 0 Å². The van der Waals surface area contributed by atoms with Crippen LogP contribution in [-0.2, 0) is 0 Å². The Morgan fingerprint density at radius 1 is 0.607 bits per heavy atom. The number of rotatable bonds is 4. The van der Waals surface area contributed by atoms with E-state index in [0.717, 1.165) is 23.3 Å². The van der Waals surface area contributed by atoms with Crippen molar-refractivity contribution in [3.63, 3.8) is 0 Å². The van der Waals surface area contributed by atoms with Gasteiger partial charge in [-0.15, -0.1) is 0 Å². The van der Waals surface area contributed by atoms with Gasteiger partial charge in [-0.2, -0.15) is 0 Å². The molecule has 0 saturated heterocycles. The van der Waals surface area contributed by atoms with E-state index < -0.39 is 23.3 Å². The summed E-state index contributed by atoms with van der Waals surface area (Å²) in [4.78, 5) is 35.0. The molecule has 0 heterocycles. The lowest BCUT2D eigenvalue weighted by Crippen LogP contribution is -2.11. The number of carbonyl (C=O) groups excluding carboxylic acids is 1. The van der Waals surface area contributed by atoms with Crippen molar-refractivity contribution in [2.75, 3.05) is 0 Å². The number of aromatic carboxylic acids is 2. The molecule has 0 aliphatic heterocycles. The van der Waals surface area contributed by atoms with Crippen LogP contribution >= 0.6 is 0 Å². The van der Waals surface area contributed by atoms with Gasteiger partial charge < -0.3 is 10.2 Å². The zero-order valence-corrected chi connectivity index (χ0v) is 14.5. The standard InChI is InChI=1S/C23H14O5/c24-21(18-12-13-19(22(25)26)20(14-18)23(27)28)17-10-8-16(9-11-17)7-6-15-4-2-1-3-5-15/h1-5,8-14H,(H,25,26)(H,27,28). The van der Waals surface area contributed by atoms with Gasteiger partial charge in [0.05, 0.1) is 11.1 Å². The molecule has 28 heavy (non-hydrogen) atoms. The molecule has 3 rings (SSSR count). The van der Waals surface area contributed by atoms with Crippen molar-refractivity contribution in [1.29, 1.82) is 0 Å². The lowest BCUT2D eigenvalue weighted by atomic mass is 9.97. The Labute approximate surface area is 160 Å². The third-order valence-corrected chi connectivity index (χ3v) is 4.01. The largest absolute Gasteiger partial charge is 0.478 e. The second kappa shape index (κ2) is 8.02. The van der Waals surface area contributed by atoms with Gasteiger partial charge in [0.15, 0.2) is 5.78 Å². The van der Waals surface area contributed by atoms with Gasteiger partial charge in [-0.1, -0.05) is 36.1 Å². The molecular weight excluding hydrogens is 356 g/mol. The molecule has 3 aromatic carbocycles. The van der Waals surface area contributed by atoms with Crippen molar-refractivity contribution in [2.45, 2.75) is 0 Å². The minimum Gasteiger partial charge on any atom is -0.478 e. The van der Waals surface area contributed by atoms with Crippen LogP contribution in [0.1, 0.15) is 47.8 Å². The first-order valence-corrected chi connectivity index (χ1v) is 8.28. The summed E-state index contributed by atoms with van der Waals surface area (Å²) in [6.45, 7) is 0. The maximum Gasteiger partial charge on any atom is 0.336 e. The van der Waals surface area contributed by atoms with Gasteiger partial charge in [-0.3, -0.25) is 4.79 Å². The highest BCUT2D eigenvalue weighted by Crippen LogP contribution is 2.17. The summed E-state index contributed by atoms with van der Waals surface area (Å²) in [5.74, 6) is 2.86. The maximum atomic E-state index is 12.6. The van der Waals surface area contributed by atoms with E-state index in [2.05, 4.69) is 11.8 Å². The first-order chi connectivity index (χ1) is 13.5. The maximum absolute atomic E-state index is 12.6. The molecule has 0 saturated carbocycles. The number of ketones is 1. The molecular formula is C23H14O5. The Kier molecular flexibility index (Phi) is 5.33. The average molecular weight is 370 g/mol. The van der Waals surface area contributed by atoms with Gasteiger partial charge in [-0.05, 0) is 48.5 Å². The highest BCUT2D eigenvalue weighted by molar-refractivity contribution is 6.11. The lowest BCUT2D eigenvalue weighted by molar-refractivity contribution is 0.0651. The fraction of sp³-hybridized carbons (Fsp3) is 0. The van der Waals surface area contributed by atoms with Crippen molar-refractivity contribution < 1.29 is 24.6 Å². The fourth-order valence-corrected chi connectivity index (χ4v) is 2.59. The van der Waals surface area contributed by atoms with Crippen LogP contribution in [0.3, 0.4) is 0 Å². The van der Waals surface area contributed by atoms with E-state index in [0.29, 0.717) is 5.56 Å². The second-order valence-electron chi connectivity index (χ2n) is 5.89. The molecule has 5 heteroatoms. The molecule has 0 fully saturated rings. The van der Waals surface area contributed by atoms with Crippen LogP contribution in [0, 0.1) is 11.8 Å². The van der Waals surface area contributed by atoms with Crippen LogP contribution in [0.2, 0.25) is 0 Å². The van der Waals surface area contributed by atoms with Crippen molar-refractivity contribution >= 4 is 17.7 Å². The molecule has 0 radical (unpaired) electrons. The zero-order chi connectivity index (χ0) is 20.1. The highest BCUT2D eigenvalue weighted by Gasteiger charge is 2.19. The monoisotopic (exact) mass is 370 g/mol. The third kappa shape index (κ3) is 4.14. The Morgan fingerprint density at radius 2 is 1.14 bits per heavy atom. The first kappa shape index (κ1) is 18.6. The summed E-state index contributed by atoms with van der Waals surface area (Å²) in [6, 6.07) is 19.6. The first-order valence-electron chi connectivity index (χ1n) is 8.28. The predicted molar refractivity (Wildman–Crippen MR) is 103 cm³/mol. The normalized spacial score (nSPS) is 9.86. The van der Waals surface area contributed by atoms with Crippen LogP contribution in [-0.4, -0.2) is 27.9 Å². The number of carboxylic acid groups (broad SMARTS) is 2. The van der Waals surface area contributed by atoms with E-state index in [9.17, 15) is 19.5 Å². The van der Waals surface area contributed by atoms with Crippen molar-refractivity contribution in [3.05, 3.63) is 106 Å². The predicted octanol–water partition coefficient (Wildman–Crippen LogP) is 3.71. The molecule has 3 aromatic rings. The van der Waals surface area contributed by atoms with Crippen molar-refractivity contribution in [1.82, 2.24) is 0 Å². The number of hydrogen-bond donors (Lipinski definition) is 2. The number of carboxylic acids is 2. The van der Waals surface area contributed by atoms with E-state index in [1.165, 1.54) is 6.07 Å². The minimum absolute atomic E-state index is 0.102. The molecule has 136 valence electrons. The molecule has 0 unspecified atom stereocenters. The average Bonchev–Trinajstić information content (AvgIpc) is 2.72. The smallest absolute Gasteiger partial charge is 0.336 e. The molecule has 2 N–H and O–H groups in total. The Hall–Kier alpha value is -4.17. The molecule has 0 spiro atoms. The van der Waals surface area contributed by atoms with Gasteiger partial charge in [-0.25, -0.2) is 9.59 Å². The summed E-state index contributed by atoms with van der Waals surface area (Å²) in [5, 5.41) is 18.3. The van der Waals surface area contributed by atoms with Gasteiger partial charge in [0.25, 0.3) is 0 Å². The van der Waals surface area contributed by atoms with Crippen molar-refractivity contribution in [2.24, 2.45) is 0 Å². The molecule has 0 aliphatic rings. The molecule has 0 bridgehead atoms. The van der Waals surface area contributed by atoms with Crippen LogP contribution in [0.5, 0.6) is 0 Å². The lowest BCUT2D eigenvalue weighted by Gasteiger charge is -2.06. The van der Waals surface area contributed by atoms with Crippen LogP contribution in [0.4, 0.5) is 0 Å². The van der Waals surface area contributed by atoms with Crippen molar-refractivity contribution in [3.8, 4) is 11.8 Å². The number of hydrogen-bond acceptors (Lipinski definition) is 3. The summed E-state index contributed by atoms with van der Waals surface area (Å²) in [6.07, 6.45) is 0. The summed E-state index contributed by atoms with van der Waals surface area (Å²) in [5.41, 5.74) is 1.27. The number of benzene rings is 3. The molecule has 0 amide bonds. The highest BCUT2D eigenvalue weighted by atomic mass is 16.4. The molecule has 0 aromatic heterocycles. The third-order valence-electron chi connectivity index (χ3n) is 4.01. The molecule has 0 aliphatic carbocycles. The zero-order valence-electron chi connectivity index (χ0n) is 14.5. The van der Waals surface area contributed by atoms with Gasteiger partial charge >= 0.3 is 11.9 Å². The van der Waals surface area contributed by atoms with Gasteiger partial charge in [0.2, 0.25) is 0 Å². The fourth-order valence-electron chi connectivity index (χ4n) is 2.59. The van der Waals surface area contributed by atoms with E-state index in [1.54, 1.807) is 24.3 Å². The number of carbonyl (C=O) groups is 3. The van der Waals surface area contributed by atoms with Crippen LogP contribution < -0.4 is 0 Å². The van der Waals surface area contributed by atoms with E-state index in [-0.39, 0.29) is 11.1 Å². The molecule has 0 atom stereocenters. The van der Waals surface area contributed by atoms with E-state index in [4.69, 9.17) is 5.11 Å². The van der Waals surface area contributed by atoms with E-state index in [1.807, 2.05) is 30.3 Å². The quantitative estimate of drug-likeness (QED) is 0.540. The Balaban J connectivity index is 1.85. The van der Waals surface area contributed by atoms with Crippen LogP contribution in [0.25, 0.3) is 0 Å². The SMILES string of the molecule is O=C(c1ccc(C#Cc2ccccc2)cc1)c1ccc(C(=O)O)c(C(=O)O)c1. The van der Waals surface area contributed by atoms with Crippen LogP contribution in [0.15, 0.2) is 72.8 Å². The van der Waals surface area contributed by atoms with Gasteiger partial charge in [0.1, 0.15) is 0 Å². The second-order valence-corrected chi connectivity index (χ2v) is 5.89.